The Hall–Kier alpha value is -2.64. The third-order valence-corrected chi connectivity index (χ3v) is 3.50. The molecule has 0 spiro atoms. The van der Waals surface area contributed by atoms with Crippen LogP contribution in [0.25, 0.3) is 0 Å². The maximum atomic E-state index is 11.9. The predicted octanol–water partition coefficient (Wildman–Crippen LogP) is 2.36. The van der Waals surface area contributed by atoms with Crippen molar-refractivity contribution in [1.29, 1.82) is 0 Å². The second-order valence-corrected chi connectivity index (χ2v) is 5.91. The zero-order valence-electron chi connectivity index (χ0n) is 13.3. The van der Waals surface area contributed by atoms with E-state index in [1.807, 2.05) is 19.1 Å². The predicted molar refractivity (Wildman–Crippen MR) is 99.5 cm³/mol. The first-order chi connectivity index (χ1) is 11.9. The standard InChI is InChI=1S/C17H16ClN3O3S/c1-11-2-4-12(5-3-11)16(23)20-21-17(25)19-15(22)10-24-14-8-6-13(18)7-9-14/h2-9H,10H2,1H3,(H,20,23)(H2,19,21,22,25). The van der Waals surface area contributed by atoms with E-state index in [2.05, 4.69) is 16.2 Å². The Morgan fingerprint density at radius 3 is 2.32 bits per heavy atom. The van der Waals surface area contributed by atoms with Gasteiger partial charge in [0.05, 0.1) is 0 Å². The van der Waals surface area contributed by atoms with Crippen molar-refractivity contribution in [2.45, 2.75) is 6.92 Å². The lowest BCUT2D eigenvalue weighted by Crippen LogP contribution is -2.49. The van der Waals surface area contributed by atoms with Crippen LogP contribution in [-0.2, 0) is 4.79 Å². The molecule has 2 aromatic carbocycles. The average Bonchev–Trinajstić information content (AvgIpc) is 2.60. The molecule has 3 N–H and O–H groups in total. The number of hydrogen-bond donors (Lipinski definition) is 3. The van der Waals surface area contributed by atoms with Crippen LogP contribution in [0.3, 0.4) is 0 Å². The highest BCUT2D eigenvalue weighted by Crippen LogP contribution is 2.15. The Balaban J connectivity index is 1.72. The van der Waals surface area contributed by atoms with Gasteiger partial charge < -0.3 is 4.74 Å². The molecule has 8 heteroatoms. The van der Waals surface area contributed by atoms with Crippen molar-refractivity contribution in [2.75, 3.05) is 6.61 Å². The van der Waals surface area contributed by atoms with Crippen LogP contribution < -0.4 is 20.9 Å². The Kier molecular flexibility index (Phi) is 6.73. The number of hydrazine groups is 1. The summed E-state index contributed by atoms with van der Waals surface area (Å²) in [5.41, 5.74) is 6.38. The van der Waals surface area contributed by atoms with Crippen molar-refractivity contribution in [3.05, 3.63) is 64.7 Å². The van der Waals surface area contributed by atoms with E-state index in [4.69, 9.17) is 28.6 Å². The number of amides is 2. The summed E-state index contributed by atoms with van der Waals surface area (Å²) in [6, 6.07) is 13.6. The van der Waals surface area contributed by atoms with Gasteiger partial charge in [0.15, 0.2) is 11.7 Å². The van der Waals surface area contributed by atoms with Crippen molar-refractivity contribution in [3.63, 3.8) is 0 Å². The summed E-state index contributed by atoms with van der Waals surface area (Å²) in [7, 11) is 0. The van der Waals surface area contributed by atoms with Crippen LogP contribution in [0.5, 0.6) is 5.75 Å². The first-order valence-corrected chi connectivity index (χ1v) is 8.08. The molecule has 25 heavy (non-hydrogen) atoms. The number of carbonyl (C=O) groups excluding carboxylic acids is 2. The minimum Gasteiger partial charge on any atom is -0.484 e. The smallest absolute Gasteiger partial charge is 0.269 e. The molecule has 0 heterocycles. The van der Waals surface area contributed by atoms with E-state index in [-0.39, 0.29) is 17.6 Å². The summed E-state index contributed by atoms with van der Waals surface area (Å²) in [5, 5.41) is 2.93. The van der Waals surface area contributed by atoms with E-state index in [9.17, 15) is 9.59 Å². The molecule has 0 atom stereocenters. The second-order valence-electron chi connectivity index (χ2n) is 5.07. The summed E-state index contributed by atoms with van der Waals surface area (Å²) >= 11 is 10.7. The van der Waals surface area contributed by atoms with E-state index < -0.39 is 5.91 Å². The second kappa shape index (κ2) is 9.00. The molecule has 0 radical (unpaired) electrons. The minimum atomic E-state index is -0.461. The molecule has 0 saturated carbocycles. The lowest BCUT2D eigenvalue weighted by Gasteiger charge is -2.11. The summed E-state index contributed by atoms with van der Waals surface area (Å²) in [5.74, 6) is -0.322. The number of rotatable bonds is 4. The van der Waals surface area contributed by atoms with Gasteiger partial charge in [-0.2, -0.15) is 0 Å². The molecule has 0 unspecified atom stereocenters. The van der Waals surface area contributed by atoms with Crippen LogP contribution in [0, 0.1) is 6.92 Å². The third-order valence-electron chi connectivity index (χ3n) is 3.04. The number of benzene rings is 2. The number of ether oxygens (including phenoxy) is 1. The molecule has 0 aliphatic heterocycles. The number of hydrogen-bond acceptors (Lipinski definition) is 4. The van der Waals surface area contributed by atoms with Crippen molar-refractivity contribution >= 4 is 40.7 Å². The van der Waals surface area contributed by atoms with Crippen molar-refractivity contribution < 1.29 is 14.3 Å². The number of halogens is 1. The monoisotopic (exact) mass is 377 g/mol. The van der Waals surface area contributed by atoms with Gasteiger partial charge in [0, 0.05) is 10.6 Å². The van der Waals surface area contributed by atoms with Crippen LogP contribution in [0.1, 0.15) is 15.9 Å². The maximum absolute atomic E-state index is 11.9. The minimum absolute atomic E-state index is 0.0369. The zero-order valence-corrected chi connectivity index (χ0v) is 14.9. The Labute approximate surface area is 155 Å². The molecule has 0 aliphatic carbocycles. The van der Waals surface area contributed by atoms with E-state index in [1.54, 1.807) is 36.4 Å². The largest absolute Gasteiger partial charge is 0.484 e. The molecule has 0 bridgehead atoms. The van der Waals surface area contributed by atoms with Gasteiger partial charge in [0.2, 0.25) is 0 Å². The normalized spacial score (nSPS) is 9.84. The molecule has 2 rings (SSSR count). The topological polar surface area (TPSA) is 79.5 Å². The molecule has 0 saturated heterocycles. The molecule has 2 amide bonds. The first kappa shape index (κ1) is 18.7. The fraction of sp³-hybridized carbons (Fsp3) is 0.118. The maximum Gasteiger partial charge on any atom is 0.269 e. The Morgan fingerprint density at radius 1 is 1.04 bits per heavy atom. The average molecular weight is 378 g/mol. The van der Waals surface area contributed by atoms with Gasteiger partial charge in [-0.3, -0.25) is 25.8 Å². The van der Waals surface area contributed by atoms with Gasteiger partial charge in [-0.15, -0.1) is 0 Å². The molecule has 6 nitrogen and oxygen atoms in total. The SMILES string of the molecule is Cc1ccc(C(=O)NNC(=S)NC(=O)COc2ccc(Cl)cc2)cc1. The van der Waals surface area contributed by atoms with Crippen LogP contribution >= 0.6 is 23.8 Å². The van der Waals surface area contributed by atoms with E-state index in [1.165, 1.54) is 0 Å². The summed E-state index contributed by atoms with van der Waals surface area (Å²) in [6.07, 6.45) is 0. The lowest BCUT2D eigenvalue weighted by molar-refractivity contribution is -0.121. The van der Waals surface area contributed by atoms with Gasteiger partial charge in [-0.25, -0.2) is 0 Å². The highest BCUT2D eigenvalue weighted by Gasteiger charge is 2.08. The quantitative estimate of drug-likeness (QED) is 0.563. The van der Waals surface area contributed by atoms with Crippen molar-refractivity contribution in [1.82, 2.24) is 16.2 Å². The van der Waals surface area contributed by atoms with Gasteiger partial charge in [0.1, 0.15) is 5.75 Å². The van der Waals surface area contributed by atoms with Gasteiger partial charge >= 0.3 is 0 Å². The molecule has 2 aromatic rings. The van der Waals surface area contributed by atoms with Crippen LogP contribution in [0.2, 0.25) is 5.02 Å². The van der Waals surface area contributed by atoms with Crippen LogP contribution in [0.4, 0.5) is 0 Å². The van der Waals surface area contributed by atoms with Gasteiger partial charge in [0.25, 0.3) is 11.8 Å². The molecule has 0 fully saturated rings. The van der Waals surface area contributed by atoms with E-state index in [0.717, 1.165) is 5.56 Å². The van der Waals surface area contributed by atoms with Crippen molar-refractivity contribution in [2.24, 2.45) is 0 Å². The Morgan fingerprint density at radius 2 is 1.68 bits per heavy atom. The lowest BCUT2D eigenvalue weighted by atomic mass is 10.1. The third kappa shape index (κ3) is 6.40. The molecule has 0 aliphatic rings. The summed E-state index contributed by atoms with van der Waals surface area (Å²) < 4.78 is 5.28. The van der Waals surface area contributed by atoms with Gasteiger partial charge in [-0.05, 0) is 55.5 Å². The van der Waals surface area contributed by atoms with Crippen molar-refractivity contribution in [3.8, 4) is 5.75 Å². The number of aryl methyl sites for hydroxylation is 1. The Bertz CT molecular complexity index is 764. The summed E-state index contributed by atoms with van der Waals surface area (Å²) in [4.78, 5) is 23.6. The number of nitrogens with one attached hydrogen (secondary N) is 3. The van der Waals surface area contributed by atoms with E-state index >= 15 is 0 Å². The van der Waals surface area contributed by atoms with Crippen LogP contribution in [0.15, 0.2) is 48.5 Å². The van der Waals surface area contributed by atoms with E-state index in [0.29, 0.717) is 16.3 Å². The summed E-state index contributed by atoms with van der Waals surface area (Å²) in [6.45, 7) is 1.70. The zero-order chi connectivity index (χ0) is 18.2. The van der Waals surface area contributed by atoms with Gasteiger partial charge in [-0.1, -0.05) is 29.3 Å². The molecular formula is C17H16ClN3O3S. The fourth-order valence-corrected chi connectivity index (χ4v) is 2.06. The highest BCUT2D eigenvalue weighted by atomic mass is 35.5. The number of thiocarbonyl (C=S) groups is 1. The highest BCUT2D eigenvalue weighted by molar-refractivity contribution is 7.80. The fourth-order valence-electron chi connectivity index (χ4n) is 1.76. The molecular weight excluding hydrogens is 362 g/mol. The number of carbonyl (C=O) groups is 2. The van der Waals surface area contributed by atoms with Crippen LogP contribution in [-0.4, -0.2) is 23.5 Å². The molecule has 0 aromatic heterocycles. The molecule has 130 valence electrons. The first-order valence-electron chi connectivity index (χ1n) is 7.29.